The lowest BCUT2D eigenvalue weighted by molar-refractivity contribution is 0.391. The van der Waals surface area contributed by atoms with Gasteiger partial charge in [-0.1, -0.05) is 30.3 Å². The number of sulfonamides is 1. The Labute approximate surface area is 165 Å². The molecule has 0 spiro atoms. The Bertz CT molecular complexity index is 1170. The van der Waals surface area contributed by atoms with Crippen molar-refractivity contribution in [1.29, 1.82) is 0 Å². The molecule has 0 amide bonds. The Morgan fingerprint density at radius 1 is 1.07 bits per heavy atom. The van der Waals surface area contributed by atoms with Crippen molar-refractivity contribution < 1.29 is 8.42 Å². The van der Waals surface area contributed by atoms with Gasteiger partial charge in [-0.3, -0.25) is 4.79 Å². The molecule has 0 saturated heterocycles. The van der Waals surface area contributed by atoms with E-state index in [4.69, 9.17) is 0 Å². The topological polar surface area (TPSA) is 70.2 Å². The molecule has 4 rings (SSSR count). The van der Waals surface area contributed by atoms with E-state index in [0.29, 0.717) is 31.5 Å². The summed E-state index contributed by atoms with van der Waals surface area (Å²) in [6, 6.07) is 15.9. The van der Waals surface area contributed by atoms with Crippen molar-refractivity contribution in [3.8, 4) is 0 Å². The minimum atomic E-state index is -3.30. The van der Waals surface area contributed by atoms with Gasteiger partial charge >= 0.3 is 0 Å². The number of nitrogens with zero attached hydrogens (tertiary/aromatic N) is 1. The third kappa shape index (κ3) is 3.88. The van der Waals surface area contributed by atoms with Gasteiger partial charge in [-0.05, 0) is 66.5 Å². The van der Waals surface area contributed by atoms with Gasteiger partial charge < -0.3 is 4.98 Å². The maximum absolute atomic E-state index is 12.8. The quantitative estimate of drug-likeness (QED) is 0.720. The monoisotopic (exact) mass is 396 g/mol. The van der Waals surface area contributed by atoms with Crippen LogP contribution in [0, 0.1) is 6.92 Å². The highest BCUT2D eigenvalue weighted by molar-refractivity contribution is 7.89. The first-order chi connectivity index (χ1) is 13.4. The first-order valence-electron chi connectivity index (χ1n) is 9.59. The molecule has 6 heteroatoms. The molecular formula is C22H24N2O3S. The van der Waals surface area contributed by atoms with E-state index in [0.717, 1.165) is 34.0 Å². The third-order valence-corrected chi connectivity index (χ3v) is 7.33. The maximum Gasteiger partial charge on any atom is 0.251 e. The van der Waals surface area contributed by atoms with Gasteiger partial charge in [0.25, 0.3) is 5.56 Å². The van der Waals surface area contributed by atoms with Crippen LogP contribution < -0.4 is 5.56 Å². The Morgan fingerprint density at radius 2 is 1.86 bits per heavy atom. The molecule has 1 aromatic heterocycles. The van der Waals surface area contributed by atoms with Gasteiger partial charge in [0.1, 0.15) is 0 Å². The lowest BCUT2D eigenvalue weighted by Crippen LogP contribution is -2.37. The summed E-state index contributed by atoms with van der Waals surface area (Å²) < 4.78 is 27.2. The Morgan fingerprint density at radius 3 is 2.64 bits per heavy atom. The van der Waals surface area contributed by atoms with Crippen LogP contribution >= 0.6 is 0 Å². The fourth-order valence-corrected chi connectivity index (χ4v) is 5.29. The molecule has 0 fully saturated rings. The molecule has 1 N–H and O–H groups in total. The third-order valence-electron chi connectivity index (χ3n) is 5.43. The summed E-state index contributed by atoms with van der Waals surface area (Å²) in [5.41, 5.74) is 4.64. The normalized spacial score (nSPS) is 14.9. The SMILES string of the molecule is Cc1cc2cc3c(cc2[nH]c1=O)CN(S(=O)(=O)CCCc1ccccc1)CC3. The number of nitrogens with one attached hydrogen (secondary N) is 1. The fourth-order valence-electron chi connectivity index (χ4n) is 3.82. The second-order valence-electron chi connectivity index (χ2n) is 7.48. The highest BCUT2D eigenvalue weighted by Crippen LogP contribution is 2.26. The van der Waals surface area contributed by atoms with Crippen LogP contribution in [0.4, 0.5) is 0 Å². The molecule has 0 saturated carbocycles. The molecule has 0 radical (unpaired) electrons. The molecule has 0 aliphatic carbocycles. The van der Waals surface area contributed by atoms with E-state index in [1.165, 1.54) is 0 Å². The summed E-state index contributed by atoms with van der Waals surface area (Å²) >= 11 is 0. The van der Waals surface area contributed by atoms with Crippen molar-refractivity contribution in [2.24, 2.45) is 0 Å². The predicted octanol–water partition coefficient (Wildman–Crippen LogP) is 3.16. The molecule has 2 aromatic carbocycles. The first-order valence-corrected chi connectivity index (χ1v) is 11.2. The van der Waals surface area contributed by atoms with Gasteiger partial charge in [-0.25, -0.2) is 8.42 Å². The van der Waals surface area contributed by atoms with Crippen molar-refractivity contribution in [1.82, 2.24) is 9.29 Å². The van der Waals surface area contributed by atoms with Crippen molar-refractivity contribution in [3.63, 3.8) is 0 Å². The average molecular weight is 397 g/mol. The molecule has 146 valence electrons. The second-order valence-corrected chi connectivity index (χ2v) is 9.57. The molecule has 0 bridgehead atoms. The van der Waals surface area contributed by atoms with Crippen LogP contribution in [0.15, 0.2) is 53.3 Å². The van der Waals surface area contributed by atoms with E-state index in [9.17, 15) is 13.2 Å². The zero-order valence-corrected chi connectivity index (χ0v) is 16.8. The predicted molar refractivity (Wildman–Crippen MR) is 112 cm³/mol. The van der Waals surface area contributed by atoms with Crippen LogP contribution in [0.25, 0.3) is 10.9 Å². The number of hydrogen-bond acceptors (Lipinski definition) is 3. The number of rotatable bonds is 5. The fraction of sp³-hybridized carbons (Fsp3) is 0.318. The maximum atomic E-state index is 12.8. The standard InChI is InChI=1S/C22H24N2O3S/c1-16-12-19-13-18-9-10-24(15-20(18)14-21(19)23-22(16)25)28(26,27)11-5-8-17-6-3-2-4-7-17/h2-4,6-7,12-14H,5,8-11,15H2,1H3,(H,23,25). The summed E-state index contributed by atoms with van der Waals surface area (Å²) in [7, 11) is -3.30. The van der Waals surface area contributed by atoms with Gasteiger partial charge in [0, 0.05) is 24.2 Å². The Kier molecular flexibility index (Phi) is 5.08. The van der Waals surface area contributed by atoms with E-state index in [1.54, 1.807) is 11.2 Å². The summed E-state index contributed by atoms with van der Waals surface area (Å²) in [4.78, 5) is 14.8. The molecule has 5 nitrogen and oxygen atoms in total. The van der Waals surface area contributed by atoms with Crippen molar-refractivity contribution >= 4 is 20.9 Å². The van der Waals surface area contributed by atoms with Crippen LogP contribution in [-0.2, 0) is 29.4 Å². The number of hydrogen-bond donors (Lipinski definition) is 1. The van der Waals surface area contributed by atoms with E-state index in [2.05, 4.69) is 11.1 Å². The second kappa shape index (κ2) is 7.53. The zero-order valence-electron chi connectivity index (χ0n) is 15.9. The molecule has 2 heterocycles. The van der Waals surface area contributed by atoms with Crippen LogP contribution in [0.2, 0.25) is 0 Å². The number of H-pyrrole nitrogens is 1. The van der Waals surface area contributed by atoms with Gasteiger partial charge in [-0.15, -0.1) is 0 Å². The average Bonchev–Trinajstić information content (AvgIpc) is 2.68. The molecule has 3 aromatic rings. The molecule has 1 aliphatic heterocycles. The number of benzene rings is 2. The lowest BCUT2D eigenvalue weighted by Gasteiger charge is -2.28. The van der Waals surface area contributed by atoms with E-state index < -0.39 is 10.0 Å². The summed E-state index contributed by atoms with van der Waals surface area (Å²) in [6.07, 6.45) is 2.07. The van der Waals surface area contributed by atoms with Gasteiger partial charge in [0.05, 0.1) is 5.75 Å². The summed E-state index contributed by atoms with van der Waals surface area (Å²) in [6.45, 7) is 2.67. The number of fused-ring (bicyclic) bond motifs is 2. The van der Waals surface area contributed by atoms with E-state index in [-0.39, 0.29) is 11.3 Å². The van der Waals surface area contributed by atoms with E-state index in [1.807, 2.05) is 42.5 Å². The molecule has 0 unspecified atom stereocenters. The molecule has 1 aliphatic rings. The number of aromatic nitrogens is 1. The van der Waals surface area contributed by atoms with Crippen molar-refractivity contribution in [2.75, 3.05) is 12.3 Å². The number of aryl methyl sites for hydroxylation is 2. The first kappa shape index (κ1) is 18.9. The highest BCUT2D eigenvalue weighted by Gasteiger charge is 2.26. The van der Waals surface area contributed by atoms with Crippen LogP contribution in [0.1, 0.15) is 28.7 Å². The van der Waals surface area contributed by atoms with Crippen LogP contribution in [0.5, 0.6) is 0 Å². The van der Waals surface area contributed by atoms with Crippen molar-refractivity contribution in [3.05, 3.63) is 81.1 Å². The van der Waals surface area contributed by atoms with Gasteiger partial charge in [-0.2, -0.15) is 4.31 Å². The van der Waals surface area contributed by atoms with E-state index >= 15 is 0 Å². The largest absolute Gasteiger partial charge is 0.322 e. The minimum Gasteiger partial charge on any atom is -0.322 e. The molecular weight excluding hydrogens is 372 g/mol. The number of pyridine rings is 1. The highest BCUT2D eigenvalue weighted by atomic mass is 32.2. The van der Waals surface area contributed by atoms with Crippen LogP contribution in [0.3, 0.4) is 0 Å². The summed E-state index contributed by atoms with van der Waals surface area (Å²) in [5, 5.41) is 0.995. The number of aromatic amines is 1. The molecule has 28 heavy (non-hydrogen) atoms. The zero-order chi connectivity index (χ0) is 19.7. The molecule has 0 atom stereocenters. The minimum absolute atomic E-state index is 0.103. The summed E-state index contributed by atoms with van der Waals surface area (Å²) in [5.74, 6) is 0.154. The Balaban J connectivity index is 1.50. The lowest BCUT2D eigenvalue weighted by atomic mass is 9.98. The Hall–Kier alpha value is -2.44. The van der Waals surface area contributed by atoms with Gasteiger partial charge in [0.15, 0.2) is 0 Å². The van der Waals surface area contributed by atoms with Crippen LogP contribution in [-0.4, -0.2) is 30.0 Å². The smallest absolute Gasteiger partial charge is 0.251 e. The van der Waals surface area contributed by atoms with Gasteiger partial charge in [0.2, 0.25) is 10.0 Å². The van der Waals surface area contributed by atoms with Crippen molar-refractivity contribution in [2.45, 2.75) is 32.7 Å².